The summed E-state index contributed by atoms with van der Waals surface area (Å²) in [6.07, 6.45) is 2.80. The van der Waals surface area contributed by atoms with E-state index >= 15 is 0 Å². The zero-order chi connectivity index (χ0) is 31.7. The minimum Gasteiger partial charge on any atom is -0.493 e. The highest BCUT2D eigenvalue weighted by Gasteiger charge is 2.22. The quantitative estimate of drug-likeness (QED) is 0.0869. The number of unbranched alkanes of at least 4 members (excludes halogenated alkanes) is 2. The average Bonchev–Trinajstić information content (AvgIpc) is 3.09. The lowest BCUT2D eigenvalue weighted by Gasteiger charge is -2.18. The van der Waals surface area contributed by atoms with Crippen LogP contribution >= 0.6 is 0 Å². The molecule has 236 valence electrons. The molecule has 1 heterocycles. The van der Waals surface area contributed by atoms with Crippen molar-refractivity contribution >= 4 is 11.9 Å². The Kier molecular flexibility index (Phi) is 13.4. The van der Waals surface area contributed by atoms with Gasteiger partial charge in [0.05, 0.1) is 33.1 Å². The smallest absolute Gasteiger partial charge is 0.335 e. The number of hydrogen-bond acceptors (Lipinski definition) is 8. The number of aromatic nitrogens is 1. The normalized spacial score (nSPS) is 11.4. The van der Waals surface area contributed by atoms with Crippen LogP contribution in [-0.2, 0) is 30.2 Å². The van der Waals surface area contributed by atoms with Crippen molar-refractivity contribution in [2.24, 2.45) is 0 Å². The van der Waals surface area contributed by atoms with Crippen LogP contribution in [0.15, 0.2) is 97.1 Å². The predicted molar refractivity (Wildman–Crippen MR) is 173 cm³/mol. The lowest BCUT2D eigenvalue weighted by molar-refractivity contribution is -0.154. The molecule has 1 aromatic heterocycles. The Bertz CT molecular complexity index is 1420. The highest BCUT2D eigenvalue weighted by molar-refractivity contribution is 5.75. The van der Waals surface area contributed by atoms with Crippen molar-refractivity contribution in [3.63, 3.8) is 0 Å². The molecule has 4 aromatic rings. The number of rotatable bonds is 18. The van der Waals surface area contributed by atoms with E-state index in [1.165, 1.54) is 14.2 Å². The standard InChI is InChI=1S/C37H41NO7/c1-41-36(39)21-14-24-43-33-20-11-10-19-30(33)26-34(37(40)42-2)44-22-12-5-13-23-45-35-27-31(28-15-6-3-7-16-28)25-32(38-35)29-17-8-4-9-18-29/h3-4,6-11,15-20,25,27,34H,5,12-14,21-24,26H2,1-2H3. The minimum absolute atomic E-state index is 0.274. The maximum atomic E-state index is 12.5. The zero-order valence-corrected chi connectivity index (χ0v) is 26.0. The van der Waals surface area contributed by atoms with E-state index in [2.05, 4.69) is 22.9 Å². The van der Waals surface area contributed by atoms with E-state index in [4.69, 9.17) is 23.9 Å². The molecule has 0 amide bonds. The van der Waals surface area contributed by atoms with Gasteiger partial charge in [0.15, 0.2) is 6.10 Å². The Morgan fingerprint density at radius 2 is 1.33 bits per heavy atom. The first-order chi connectivity index (χ1) is 22.1. The number of pyridine rings is 1. The molecule has 0 bridgehead atoms. The molecule has 0 aliphatic rings. The van der Waals surface area contributed by atoms with Crippen LogP contribution in [0.25, 0.3) is 22.4 Å². The zero-order valence-electron chi connectivity index (χ0n) is 26.0. The summed E-state index contributed by atoms with van der Waals surface area (Å²) in [7, 11) is 2.72. The van der Waals surface area contributed by atoms with Crippen molar-refractivity contribution in [3.8, 4) is 34.0 Å². The van der Waals surface area contributed by atoms with Crippen LogP contribution in [-0.4, -0.2) is 57.1 Å². The molecular weight excluding hydrogens is 570 g/mol. The molecule has 0 aliphatic carbocycles. The summed E-state index contributed by atoms with van der Waals surface area (Å²) >= 11 is 0. The molecule has 1 unspecified atom stereocenters. The van der Waals surface area contributed by atoms with Gasteiger partial charge in [-0.05, 0) is 54.5 Å². The van der Waals surface area contributed by atoms with Crippen LogP contribution in [0.5, 0.6) is 11.6 Å². The first kappa shape index (κ1) is 33.2. The number of hydrogen-bond donors (Lipinski definition) is 0. The fourth-order valence-electron chi connectivity index (χ4n) is 4.77. The lowest BCUT2D eigenvalue weighted by atomic mass is 10.0. The van der Waals surface area contributed by atoms with E-state index < -0.39 is 12.1 Å². The summed E-state index contributed by atoms with van der Waals surface area (Å²) in [5.74, 6) is 0.530. The summed E-state index contributed by atoms with van der Waals surface area (Å²) in [5.41, 5.74) is 4.88. The molecule has 1 atom stereocenters. The topological polar surface area (TPSA) is 93.2 Å². The van der Waals surface area contributed by atoms with Crippen LogP contribution in [0.2, 0.25) is 0 Å². The molecular formula is C37H41NO7. The molecule has 0 radical (unpaired) electrons. The highest BCUT2D eigenvalue weighted by Crippen LogP contribution is 2.29. The van der Waals surface area contributed by atoms with Gasteiger partial charge in [-0.25, -0.2) is 9.78 Å². The predicted octanol–water partition coefficient (Wildman–Crippen LogP) is 7.10. The molecule has 0 saturated heterocycles. The second kappa shape index (κ2) is 18.2. The largest absolute Gasteiger partial charge is 0.493 e. The van der Waals surface area contributed by atoms with E-state index in [1.807, 2.05) is 78.9 Å². The number of ether oxygens (including phenoxy) is 5. The summed E-state index contributed by atoms with van der Waals surface area (Å²) in [5, 5.41) is 0. The summed E-state index contributed by atoms with van der Waals surface area (Å²) < 4.78 is 27.6. The molecule has 8 heteroatoms. The number of carbonyl (C=O) groups excluding carboxylic acids is 2. The van der Waals surface area contributed by atoms with Gasteiger partial charge in [0.25, 0.3) is 0 Å². The monoisotopic (exact) mass is 611 g/mol. The Hall–Kier alpha value is -4.69. The molecule has 0 aliphatic heterocycles. The molecule has 3 aromatic carbocycles. The van der Waals surface area contributed by atoms with Crippen molar-refractivity contribution < 1.29 is 33.3 Å². The first-order valence-corrected chi connectivity index (χ1v) is 15.3. The summed E-state index contributed by atoms with van der Waals surface area (Å²) in [6, 6.07) is 31.8. The van der Waals surface area contributed by atoms with Crippen LogP contribution in [0, 0.1) is 0 Å². The van der Waals surface area contributed by atoms with Crippen molar-refractivity contribution in [2.75, 3.05) is 34.0 Å². The van der Waals surface area contributed by atoms with Crippen molar-refractivity contribution in [2.45, 2.75) is 44.6 Å². The van der Waals surface area contributed by atoms with Gasteiger partial charge in [-0.1, -0.05) is 78.9 Å². The summed E-state index contributed by atoms with van der Waals surface area (Å²) in [6.45, 7) is 1.28. The molecule has 0 fully saturated rings. The second-order valence-corrected chi connectivity index (χ2v) is 10.4. The SMILES string of the molecule is COC(=O)CCCOc1ccccc1CC(OCCCCCOc1cc(-c2ccccc2)cc(-c2ccccc2)n1)C(=O)OC. The number of carbonyl (C=O) groups is 2. The van der Waals surface area contributed by atoms with Gasteiger partial charge in [-0.3, -0.25) is 4.79 Å². The Morgan fingerprint density at radius 3 is 2.07 bits per heavy atom. The van der Waals surface area contributed by atoms with Crippen molar-refractivity contribution in [1.82, 2.24) is 4.98 Å². The first-order valence-electron chi connectivity index (χ1n) is 15.3. The van der Waals surface area contributed by atoms with Crippen LogP contribution in [0.1, 0.15) is 37.7 Å². The molecule has 0 spiro atoms. The third-order valence-electron chi connectivity index (χ3n) is 7.19. The van der Waals surface area contributed by atoms with Gasteiger partial charge >= 0.3 is 11.9 Å². The van der Waals surface area contributed by atoms with E-state index in [0.29, 0.717) is 44.3 Å². The van der Waals surface area contributed by atoms with Crippen LogP contribution in [0.4, 0.5) is 0 Å². The van der Waals surface area contributed by atoms with Gasteiger partial charge in [0.1, 0.15) is 5.75 Å². The minimum atomic E-state index is -0.757. The third-order valence-corrected chi connectivity index (χ3v) is 7.19. The number of nitrogens with zero attached hydrogens (tertiary/aromatic N) is 1. The van der Waals surface area contributed by atoms with Crippen LogP contribution in [0.3, 0.4) is 0 Å². The van der Waals surface area contributed by atoms with Crippen molar-refractivity contribution in [3.05, 3.63) is 103 Å². The van der Waals surface area contributed by atoms with Gasteiger partial charge in [-0.2, -0.15) is 0 Å². The third kappa shape index (κ3) is 10.8. The van der Waals surface area contributed by atoms with Gasteiger partial charge < -0.3 is 23.7 Å². The van der Waals surface area contributed by atoms with Gasteiger partial charge in [0, 0.05) is 31.1 Å². The number of esters is 2. The van der Waals surface area contributed by atoms with Gasteiger partial charge in [0.2, 0.25) is 5.88 Å². The van der Waals surface area contributed by atoms with Crippen molar-refractivity contribution in [1.29, 1.82) is 0 Å². The Labute approximate surface area is 265 Å². The number of methoxy groups -OCH3 is 2. The maximum absolute atomic E-state index is 12.5. The molecule has 0 N–H and O–H groups in total. The molecule has 4 rings (SSSR count). The highest BCUT2D eigenvalue weighted by atomic mass is 16.6. The Morgan fingerprint density at radius 1 is 0.667 bits per heavy atom. The van der Waals surface area contributed by atoms with E-state index in [9.17, 15) is 9.59 Å². The number of para-hydroxylation sites is 1. The molecule has 0 saturated carbocycles. The van der Waals surface area contributed by atoms with Crippen LogP contribution < -0.4 is 9.47 Å². The Balaban J connectivity index is 1.26. The maximum Gasteiger partial charge on any atom is 0.335 e. The number of benzene rings is 3. The summed E-state index contributed by atoms with van der Waals surface area (Å²) in [4.78, 5) is 28.6. The van der Waals surface area contributed by atoms with Gasteiger partial charge in [-0.15, -0.1) is 0 Å². The lowest BCUT2D eigenvalue weighted by Crippen LogP contribution is -2.28. The fraction of sp³-hybridized carbons (Fsp3) is 0.324. The van der Waals surface area contributed by atoms with E-state index in [1.54, 1.807) is 0 Å². The van der Waals surface area contributed by atoms with E-state index in [0.717, 1.165) is 47.2 Å². The molecule has 45 heavy (non-hydrogen) atoms. The molecule has 8 nitrogen and oxygen atoms in total. The fourth-order valence-corrected chi connectivity index (χ4v) is 4.77. The second-order valence-electron chi connectivity index (χ2n) is 10.4. The average molecular weight is 612 g/mol. The van der Waals surface area contributed by atoms with E-state index in [-0.39, 0.29) is 12.4 Å².